The second kappa shape index (κ2) is 11.7. The Morgan fingerprint density at radius 2 is 1.02 bits per heavy atom. The smallest absolute Gasteiger partial charge is 0.0707 e. The van der Waals surface area contributed by atoms with Gasteiger partial charge in [0.25, 0.3) is 0 Å². The van der Waals surface area contributed by atoms with E-state index in [-0.39, 0.29) is 6.04 Å². The average Bonchev–Trinajstić information content (AvgIpc) is 3.48. The van der Waals surface area contributed by atoms with Gasteiger partial charge in [-0.15, -0.1) is 0 Å². The maximum Gasteiger partial charge on any atom is 0.0707 e. The molecule has 0 bridgehead atoms. The molecule has 0 saturated carbocycles. The van der Waals surface area contributed by atoms with Gasteiger partial charge in [-0.05, 0) is 63.7 Å². The Bertz CT molecular complexity index is 2140. The molecule has 8 rings (SSSR count). The summed E-state index contributed by atoms with van der Waals surface area (Å²) in [5.41, 5.74) is 13.1. The van der Waals surface area contributed by atoms with Crippen molar-refractivity contribution in [1.82, 2.24) is 9.88 Å². The molecular formula is C43H32N2. The zero-order valence-electron chi connectivity index (χ0n) is 24.8. The Labute approximate surface area is 264 Å². The summed E-state index contributed by atoms with van der Waals surface area (Å²) in [6.45, 7) is 0. The third kappa shape index (κ3) is 5.07. The molecule has 0 aliphatic carbocycles. The number of para-hydroxylation sites is 1. The van der Waals surface area contributed by atoms with E-state index >= 15 is 0 Å². The van der Waals surface area contributed by atoms with Crippen LogP contribution in [0.4, 0.5) is 0 Å². The summed E-state index contributed by atoms with van der Waals surface area (Å²) in [4.78, 5) is 0. The summed E-state index contributed by atoms with van der Waals surface area (Å²) >= 11 is 0. The minimum Gasteiger partial charge on any atom is -0.374 e. The van der Waals surface area contributed by atoms with E-state index in [9.17, 15) is 0 Å². The minimum atomic E-state index is 0.0765. The van der Waals surface area contributed by atoms with Crippen molar-refractivity contribution in [2.24, 2.45) is 0 Å². The maximum atomic E-state index is 3.77. The molecule has 0 fully saturated rings. The van der Waals surface area contributed by atoms with Crippen LogP contribution in [0, 0.1) is 0 Å². The van der Waals surface area contributed by atoms with Gasteiger partial charge in [-0.1, -0.05) is 152 Å². The van der Waals surface area contributed by atoms with Gasteiger partial charge in [0.15, 0.2) is 0 Å². The van der Waals surface area contributed by atoms with Gasteiger partial charge in [-0.2, -0.15) is 0 Å². The summed E-state index contributed by atoms with van der Waals surface area (Å²) in [6, 6.07) is 60.6. The number of nitrogens with zero attached hydrogens (tertiary/aromatic N) is 1. The Morgan fingerprint density at radius 3 is 1.69 bits per heavy atom. The minimum absolute atomic E-state index is 0.0765. The quantitative estimate of drug-likeness (QED) is 0.208. The van der Waals surface area contributed by atoms with Crippen molar-refractivity contribution in [1.29, 1.82) is 0 Å². The zero-order valence-corrected chi connectivity index (χ0v) is 24.8. The zero-order chi connectivity index (χ0) is 30.0. The second-order valence-corrected chi connectivity index (χ2v) is 11.4. The third-order valence-electron chi connectivity index (χ3n) is 8.64. The molecule has 7 aromatic rings. The molecule has 0 radical (unpaired) electrons. The summed E-state index contributed by atoms with van der Waals surface area (Å²) in [7, 11) is 0. The molecule has 1 atom stereocenters. The number of nitrogens with one attached hydrogen (secondary N) is 1. The van der Waals surface area contributed by atoms with Gasteiger partial charge in [-0.3, -0.25) is 0 Å². The van der Waals surface area contributed by atoms with E-state index in [0.717, 1.165) is 11.4 Å². The van der Waals surface area contributed by atoms with Crippen molar-refractivity contribution in [2.75, 3.05) is 0 Å². The molecule has 45 heavy (non-hydrogen) atoms. The molecule has 1 aliphatic rings. The highest BCUT2D eigenvalue weighted by atomic mass is 15.0. The predicted octanol–water partition coefficient (Wildman–Crippen LogP) is 10.7. The molecule has 2 nitrogen and oxygen atoms in total. The fourth-order valence-electron chi connectivity index (χ4n) is 6.52. The average molecular weight is 577 g/mol. The summed E-state index contributed by atoms with van der Waals surface area (Å²) < 4.78 is 2.42. The van der Waals surface area contributed by atoms with E-state index in [1.165, 1.54) is 55.6 Å². The van der Waals surface area contributed by atoms with Crippen molar-refractivity contribution in [3.8, 4) is 28.1 Å². The Balaban J connectivity index is 1.28. The van der Waals surface area contributed by atoms with E-state index in [2.05, 4.69) is 192 Å². The molecule has 0 amide bonds. The molecule has 1 aromatic heterocycles. The highest BCUT2D eigenvalue weighted by molar-refractivity contribution is 6.05. The van der Waals surface area contributed by atoms with Crippen LogP contribution in [0.2, 0.25) is 0 Å². The molecular weight excluding hydrogens is 544 g/mol. The van der Waals surface area contributed by atoms with Gasteiger partial charge in [0.1, 0.15) is 0 Å². The third-order valence-corrected chi connectivity index (χ3v) is 8.64. The van der Waals surface area contributed by atoms with Crippen LogP contribution in [0.25, 0.3) is 50.2 Å². The van der Waals surface area contributed by atoms with Crippen LogP contribution in [0.5, 0.6) is 0 Å². The van der Waals surface area contributed by atoms with Crippen LogP contribution in [0.1, 0.15) is 22.7 Å². The number of hydrogen-bond acceptors (Lipinski definition) is 1. The first-order valence-corrected chi connectivity index (χ1v) is 15.5. The molecule has 214 valence electrons. The van der Waals surface area contributed by atoms with Gasteiger partial charge < -0.3 is 9.88 Å². The fraction of sp³-hybridized carbons (Fsp3) is 0.0233. The van der Waals surface area contributed by atoms with Crippen molar-refractivity contribution >= 4 is 22.2 Å². The molecule has 0 saturated heterocycles. The summed E-state index contributed by atoms with van der Waals surface area (Å²) in [6.07, 6.45) is 4.61. The van der Waals surface area contributed by atoms with Crippen LogP contribution in [0.15, 0.2) is 182 Å². The van der Waals surface area contributed by atoms with Gasteiger partial charge in [0, 0.05) is 22.3 Å². The number of dihydropyridines is 1. The van der Waals surface area contributed by atoms with Crippen molar-refractivity contribution < 1.29 is 0 Å². The van der Waals surface area contributed by atoms with E-state index in [1.54, 1.807) is 0 Å². The standard InChI is InChI=1S/C43H32N2/c1-5-15-32(16-6-1)39-29-36(30-40(44-39)33-17-7-2-8-18-33)31-25-27-37(28-26-31)45-41-24-14-13-23-38(41)42(34-19-9-3-10-20-34)43(45)35-21-11-4-12-22-35/h1-30,39,44H. The highest BCUT2D eigenvalue weighted by Gasteiger charge is 2.22. The fourth-order valence-corrected chi connectivity index (χ4v) is 6.52. The van der Waals surface area contributed by atoms with Gasteiger partial charge >= 0.3 is 0 Å². The molecule has 6 aromatic carbocycles. The van der Waals surface area contributed by atoms with Gasteiger partial charge in [0.05, 0.1) is 17.3 Å². The first kappa shape index (κ1) is 26.7. The van der Waals surface area contributed by atoms with Crippen LogP contribution >= 0.6 is 0 Å². The second-order valence-electron chi connectivity index (χ2n) is 11.4. The number of hydrogen-bond donors (Lipinski definition) is 1. The monoisotopic (exact) mass is 576 g/mol. The predicted molar refractivity (Wildman–Crippen MR) is 189 cm³/mol. The maximum absolute atomic E-state index is 3.77. The van der Waals surface area contributed by atoms with Crippen LogP contribution in [0.3, 0.4) is 0 Å². The van der Waals surface area contributed by atoms with Crippen LogP contribution in [-0.2, 0) is 0 Å². The normalized spacial score (nSPS) is 14.4. The van der Waals surface area contributed by atoms with E-state index in [0.29, 0.717) is 0 Å². The largest absolute Gasteiger partial charge is 0.374 e. The lowest BCUT2D eigenvalue weighted by Crippen LogP contribution is -2.21. The number of benzene rings is 6. The summed E-state index contributed by atoms with van der Waals surface area (Å²) in [5.74, 6) is 0. The Morgan fingerprint density at radius 1 is 0.467 bits per heavy atom. The van der Waals surface area contributed by atoms with Crippen molar-refractivity contribution in [3.05, 3.63) is 199 Å². The van der Waals surface area contributed by atoms with Crippen molar-refractivity contribution in [2.45, 2.75) is 6.04 Å². The topological polar surface area (TPSA) is 17.0 Å². The summed E-state index contributed by atoms with van der Waals surface area (Å²) in [5, 5.41) is 5.01. The first-order valence-electron chi connectivity index (χ1n) is 15.5. The molecule has 0 spiro atoms. The number of fused-ring (bicyclic) bond motifs is 1. The molecule has 1 N–H and O–H groups in total. The Hall–Kier alpha value is -5.86. The SMILES string of the molecule is C1=C(c2ccc(-n3c(-c4ccccc4)c(-c4ccccc4)c4ccccc43)cc2)C=C(c2ccccc2)NC1c1ccccc1. The number of rotatable bonds is 6. The van der Waals surface area contributed by atoms with E-state index in [1.807, 2.05) is 0 Å². The molecule has 1 unspecified atom stereocenters. The lowest BCUT2D eigenvalue weighted by molar-refractivity contribution is 0.767. The number of aromatic nitrogens is 1. The lowest BCUT2D eigenvalue weighted by Gasteiger charge is -2.26. The molecule has 1 aliphatic heterocycles. The van der Waals surface area contributed by atoms with Crippen molar-refractivity contribution in [3.63, 3.8) is 0 Å². The van der Waals surface area contributed by atoms with Crippen LogP contribution < -0.4 is 5.32 Å². The van der Waals surface area contributed by atoms with Crippen LogP contribution in [-0.4, -0.2) is 4.57 Å². The molecule has 2 heterocycles. The Kier molecular flexibility index (Phi) is 6.94. The first-order chi connectivity index (χ1) is 22.3. The highest BCUT2D eigenvalue weighted by Crippen LogP contribution is 2.43. The lowest BCUT2D eigenvalue weighted by atomic mass is 9.93. The van der Waals surface area contributed by atoms with E-state index in [4.69, 9.17) is 0 Å². The van der Waals surface area contributed by atoms with Gasteiger partial charge in [0.2, 0.25) is 0 Å². The number of allylic oxidation sites excluding steroid dienone is 2. The van der Waals surface area contributed by atoms with Gasteiger partial charge in [-0.25, -0.2) is 0 Å². The van der Waals surface area contributed by atoms with E-state index < -0.39 is 0 Å². The molecule has 2 heteroatoms.